The third-order valence-electron chi connectivity index (χ3n) is 0.214. The molecule has 31 valence electrons. The predicted octanol–water partition coefficient (Wildman–Crippen LogP) is -1.35. The van der Waals surface area contributed by atoms with E-state index in [2.05, 4.69) is 0 Å². The summed E-state index contributed by atoms with van der Waals surface area (Å²) in [5, 5.41) is 7.82. The third kappa shape index (κ3) is 9.24. The molecule has 6 heavy (non-hydrogen) atoms. The summed E-state index contributed by atoms with van der Waals surface area (Å²) < 4.78 is -0.537. The Labute approximate surface area is 75.9 Å². The van der Waals surface area contributed by atoms with Crippen LogP contribution in [0.1, 0.15) is 0 Å². The fourth-order valence-electron chi connectivity index (χ4n) is 0. The maximum atomic E-state index is 9.47. The van der Waals surface area contributed by atoms with Crippen LogP contribution in [-0.2, 0) is 32.7 Å². The monoisotopic (exact) mass is 281 g/mol. The van der Waals surface area contributed by atoms with E-state index in [4.69, 9.17) is 5.11 Å². The van der Waals surface area contributed by atoms with Crippen LogP contribution in [0.3, 0.4) is 0 Å². The number of hydrogen-bond donors (Lipinski definition) is 1. The first-order chi connectivity index (χ1) is 2.27. The van der Waals surface area contributed by atoms with Crippen molar-refractivity contribution in [3.8, 4) is 0 Å². The van der Waals surface area contributed by atoms with Gasteiger partial charge in [0.25, 0.3) is 0 Å². The molecule has 2 nitrogen and oxygen atoms in total. The van der Waals surface area contributed by atoms with E-state index < -0.39 is 18.1 Å². The van der Waals surface area contributed by atoms with Crippen LogP contribution in [0.2, 0.25) is 0 Å². The first kappa shape index (κ1) is 10.7. The Bertz CT molecular complexity index is 48.8. The van der Waals surface area contributed by atoms with Crippen LogP contribution in [0.5, 0.6) is 0 Å². The van der Waals surface area contributed by atoms with Gasteiger partial charge < -0.3 is 0 Å². The summed E-state index contributed by atoms with van der Waals surface area (Å²) in [6.07, 6.45) is 0. The molecule has 0 spiro atoms. The molecule has 0 fully saturated rings. The Hall–Kier alpha value is 1.77. The van der Waals surface area contributed by atoms with E-state index >= 15 is 0 Å². The van der Waals surface area contributed by atoms with Crippen LogP contribution in [0, 0.1) is 0 Å². The molecule has 0 saturated carbocycles. The van der Waals surface area contributed by atoms with Crippen LogP contribution in [0.15, 0.2) is 0 Å². The summed E-state index contributed by atoms with van der Waals surface area (Å²) in [6.45, 7) is 0. The van der Waals surface area contributed by atoms with E-state index in [0.717, 1.165) is 0 Å². The normalized spacial score (nSPS) is 8.00. The smallest absolute Gasteiger partial charge is 0 e. The van der Waals surface area contributed by atoms with Crippen LogP contribution in [0.4, 0.5) is 4.79 Å². The molecule has 0 aliphatic carbocycles. The molecule has 0 rings (SSSR count). The zero-order valence-corrected chi connectivity index (χ0v) is 12.6. The molecule has 5 heteroatoms. The molecule has 1 N–H and O–H groups in total. The molecule has 0 aromatic rings. The topological polar surface area (TPSA) is 37.3 Å². The molecule has 0 aliphatic heterocycles. The van der Waals surface area contributed by atoms with Crippen LogP contribution >= 0.6 is 0 Å². The van der Waals surface area contributed by atoms with Crippen molar-refractivity contribution in [1.29, 1.82) is 0 Å². The Balaban J connectivity index is 0. The van der Waals surface area contributed by atoms with E-state index in [1.165, 1.54) is 0 Å². The van der Waals surface area contributed by atoms with Crippen LogP contribution in [0.25, 0.3) is 0 Å². The second kappa shape index (κ2) is 6.77. The van der Waals surface area contributed by atoms with Crippen LogP contribution < -0.4 is 0 Å². The quantitative estimate of drug-likeness (QED) is 0.603. The van der Waals surface area contributed by atoms with Crippen molar-refractivity contribution < 1.29 is 42.6 Å². The first-order valence-electron chi connectivity index (χ1n) is 1.18. The van der Waals surface area contributed by atoms with E-state index in [1.807, 2.05) is 0 Å². The average Bonchev–Trinajstić information content (AvgIpc) is 1.38. The number of hydrogen-bond acceptors (Lipinski definition) is 1. The second-order valence-corrected chi connectivity index (χ2v) is 7.95. The summed E-state index contributed by atoms with van der Waals surface area (Å²) in [5.74, 6) is 0. The molecule has 0 amide bonds. The molecule has 1 radical (unpaired) electrons. The summed E-state index contributed by atoms with van der Waals surface area (Å²) >= 11 is 0.159. The van der Waals surface area contributed by atoms with E-state index in [9.17, 15) is 4.79 Å². The predicted molar refractivity (Wildman–Crippen MR) is 23.7 cm³/mol. The van der Waals surface area contributed by atoms with E-state index in [0.29, 0.717) is 16.4 Å². The fraction of sp³-hybridized carbons (Fsp3) is 0. The van der Waals surface area contributed by atoms with Gasteiger partial charge in [-0.2, -0.15) is 0 Å². The van der Waals surface area contributed by atoms with Crippen molar-refractivity contribution in [3.63, 3.8) is 0 Å². The standard InChI is InChI=1S/CH2AsO2.Ga.Y.2H/c2-1(3)4;;;;/h2H,(H,3,4);;;;/q-1;+1;;;. The molecule has 0 aliphatic rings. The fourth-order valence-corrected chi connectivity index (χ4v) is 0. The van der Waals surface area contributed by atoms with Crippen molar-refractivity contribution in [3.05, 3.63) is 0 Å². The van der Waals surface area contributed by atoms with Crippen molar-refractivity contribution in [2.45, 2.75) is 0 Å². The summed E-state index contributed by atoms with van der Waals surface area (Å²) in [7, 11) is 0. The van der Waals surface area contributed by atoms with Gasteiger partial charge in [-0.1, -0.05) is 0 Å². The third-order valence-corrected chi connectivity index (χ3v) is 5.77. The van der Waals surface area contributed by atoms with Crippen LogP contribution in [-0.4, -0.2) is 39.6 Å². The Morgan fingerprint density at radius 1 is 1.83 bits per heavy atom. The van der Waals surface area contributed by atoms with Gasteiger partial charge in [-0.15, -0.1) is 0 Å². The molecule has 0 aromatic heterocycles. The number of carbonyl (C=O) groups is 1. The summed E-state index contributed by atoms with van der Waals surface area (Å²) in [5.41, 5.74) is 0. The SMILES string of the molecule is O=C(O)[AsH][GaH2].[Y]. The van der Waals surface area contributed by atoms with E-state index in [-0.39, 0.29) is 32.7 Å². The number of rotatable bonds is 1. The minimum atomic E-state index is -0.537. The van der Waals surface area contributed by atoms with Crippen molar-refractivity contribution >= 4 is 34.5 Å². The van der Waals surface area contributed by atoms with Gasteiger partial charge in [-0.25, -0.2) is 0 Å². The van der Waals surface area contributed by atoms with E-state index in [1.54, 1.807) is 0 Å². The Morgan fingerprint density at radius 2 is 2.00 bits per heavy atom. The molecule has 0 aromatic carbocycles. The minimum absolute atomic E-state index is 0. The zero-order chi connectivity index (χ0) is 4.28. The minimum Gasteiger partial charge on any atom is 0 e. The maximum absolute atomic E-state index is 9.47. The molecule has 0 saturated heterocycles. The second-order valence-electron chi connectivity index (χ2n) is 0.555. The summed E-state index contributed by atoms with van der Waals surface area (Å²) in [6, 6.07) is 0. The molecular weight excluding hydrogens is 278 g/mol. The van der Waals surface area contributed by atoms with Gasteiger partial charge in [0.05, 0.1) is 0 Å². The first-order valence-corrected chi connectivity index (χ1v) is 15.2. The van der Waals surface area contributed by atoms with Gasteiger partial charge >= 0.3 is 44.4 Å². The van der Waals surface area contributed by atoms with Gasteiger partial charge in [0, 0.05) is 32.7 Å². The van der Waals surface area contributed by atoms with Crippen molar-refractivity contribution in [2.75, 3.05) is 0 Å². The van der Waals surface area contributed by atoms with Gasteiger partial charge in [0.2, 0.25) is 0 Å². The number of carboxylic acid groups (broad SMARTS) is 1. The Morgan fingerprint density at radius 3 is 2.00 bits per heavy atom. The molecule has 1 atom stereocenters. The largest absolute Gasteiger partial charge is 0 e. The molecule has 0 bridgehead atoms. The maximum Gasteiger partial charge on any atom is 0 e. The molecule has 0 heterocycles. The molecule has 1 unspecified atom stereocenters. The van der Waals surface area contributed by atoms with Gasteiger partial charge in [0.1, 0.15) is 0 Å². The van der Waals surface area contributed by atoms with Gasteiger partial charge in [-0.05, 0) is 0 Å². The van der Waals surface area contributed by atoms with Crippen molar-refractivity contribution in [2.24, 2.45) is 0 Å². The van der Waals surface area contributed by atoms with Gasteiger partial charge in [-0.3, -0.25) is 0 Å². The van der Waals surface area contributed by atoms with Crippen molar-refractivity contribution in [1.82, 2.24) is 0 Å². The zero-order valence-electron chi connectivity index (χ0n) is 3.43. The molecular formula is CH4AsGaO2Y. The van der Waals surface area contributed by atoms with Gasteiger partial charge in [0.15, 0.2) is 0 Å². The summed E-state index contributed by atoms with van der Waals surface area (Å²) in [4.78, 5) is 9.47. The average molecular weight is 282 g/mol. The Kier molecular flexibility index (Phi) is 12.1.